The van der Waals surface area contributed by atoms with E-state index in [-0.39, 0.29) is 0 Å². The summed E-state index contributed by atoms with van der Waals surface area (Å²) in [5, 5.41) is 0. The molecule has 0 N–H and O–H groups in total. The van der Waals surface area contributed by atoms with Gasteiger partial charge in [0.05, 0.1) is 11.4 Å². The highest BCUT2D eigenvalue weighted by Crippen LogP contribution is 2.34. The van der Waals surface area contributed by atoms with Gasteiger partial charge in [-0.05, 0) is 52.6 Å². The first-order chi connectivity index (χ1) is 23.8. The van der Waals surface area contributed by atoms with Crippen molar-refractivity contribution < 1.29 is 0 Å². The van der Waals surface area contributed by atoms with E-state index in [4.69, 9.17) is 19.9 Å². The minimum Gasteiger partial charge on any atom is -0.248 e. The monoisotopic (exact) mass is 614 g/mol. The standard InChI is InChI=1S/C44H30N4/c1-5-14-31(15-6-1)37-28-38(32-24-26-34(27-25-32)41-23-13-22-40(45-41)33-16-7-2-8-17-33)30-39(29-37)44-47-42(35-18-9-3-10-19-35)46-43(48-44)36-20-11-4-12-21-36/h1-30H. The molecule has 0 aliphatic carbocycles. The third kappa shape index (κ3) is 6.15. The van der Waals surface area contributed by atoms with Crippen LogP contribution >= 0.6 is 0 Å². The number of hydrogen-bond donors (Lipinski definition) is 0. The molecule has 8 rings (SSSR count). The van der Waals surface area contributed by atoms with Crippen LogP contribution in [-0.4, -0.2) is 19.9 Å². The highest BCUT2D eigenvalue weighted by atomic mass is 15.0. The molecule has 4 heteroatoms. The molecule has 226 valence electrons. The van der Waals surface area contributed by atoms with Crippen molar-refractivity contribution in [2.45, 2.75) is 0 Å². The lowest BCUT2D eigenvalue weighted by atomic mass is 9.95. The summed E-state index contributed by atoms with van der Waals surface area (Å²) in [6.07, 6.45) is 0. The predicted molar refractivity (Wildman–Crippen MR) is 196 cm³/mol. The van der Waals surface area contributed by atoms with Crippen molar-refractivity contribution in [1.82, 2.24) is 19.9 Å². The number of aromatic nitrogens is 4. The van der Waals surface area contributed by atoms with Gasteiger partial charge in [0.1, 0.15) is 0 Å². The molecule has 2 aromatic heterocycles. The largest absolute Gasteiger partial charge is 0.248 e. The van der Waals surface area contributed by atoms with E-state index in [1.54, 1.807) is 0 Å². The maximum Gasteiger partial charge on any atom is 0.164 e. The van der Waals surface area contributed by atoms with Crippen LogP contribution in [0.2, 0.25) is 0 Å². The molecule has 0 aliphatic heterocycles. The van der Waals surface area contributed by atoms with Crippen molar-refractivity contribution in [3.05, 3.63) is 182 Å². The van der Waals surface area contributed by atoms with Gasteiger partial charge in [0.15, 0.2) is 17.5 Å². The van der Waals surface area contributed by atoms with Crippen LogP contribution in [0.4, 0.5) is 0 Å². The third-order valence-corrected chi connectivity index (χ3v) is 8.33. The van der Waals surface area contributed by atoms with Crippen LogP contribution in [-0.2, 0) is 0 Å². The Hall–Kier alpha value is -6.52. The average Bonchev–Trinajstić information content (AvgIpc) is 3.19. The van der Waals surface area contributed by atoms with Crippen LogP contribution in [0.15, 0.2) is 182 Å². The first-order valence-electron chi connectivity index (χ1n) is 16.0. The molecule has 4 nitrogen and oxygen atoms in total. The van der Waals surface area contributed by atoms with Crippen LogP contribution < -0.4 is 0 Å². The summed E-state index contributed by atoms with van der Waals surface area (Å²) in [6, 6.07) is 62.3. The van der Waals surface area contributed by atoms with Gasteiger partial charge in [-0.3, -0.25) is 0 Å². The summed E-state index contributed by atoms with van der Waals surface area (Å²) in [6.45, 7) is 0. The average molecular weight is 615 g/mol. The molecule has 0 atom stereocenters. The molecule has 0 spiro atoms. The zero-order valence-corrected chi connectivity index (χ0v) is 26.1. The molecular weight excluding hydrogens is 585 g/mol. The van der Waals surface area contributed by atoms with E-state index in [2.05, 4.69) is 97.1 Å². The molecule has 2 heterocycles. The second-order valence-electron chi connectivity index (χ2n) is 11.6. The molecule has 0 saturated heterocycles. The number of pyridine rings is 1. The Labute approximate surface area is 280 Å². The Balaban J connectivity index is 1.23. The van der Waals surface area contributed by atoms with Crippen molar-refractivity contribution in [1.29, 1.82) is 0 Å². The Morgan fingerprint density at radius 1 is 0.208 bits per heavy atom. The summed E-state index contributed by atoms with van der Waals surface area (Å²) < 4.78 is 0. The normalized spacial score (nSPS) is 10.9. The Bertz CT molecular complexity index is 2250. The van der Waals surface area contributed by atoms with Gasteiger partial charge in [-0.25, -0.2) is 19.9 Å². The Kier molecular flexibility index (Phi) is 7.87. The lowest BCUT2D eigenvalue weighted by molar-refractivity contribution is 1.07. The molecule has 6 aromatic carbocycles. The molecule has 0 fully saturated rings. The second kappa shape index (κ2) is 13.1. The third-order valence-electron chi connectivity index (χ3n) is 8.33. The quantitative estimate of drug-likeness (QED) is 0.179. The van der Waals surface area contributed by atoms with E-state index in [1.165, 1.54) is 0 Å². The molecule has 0 amide bonds. The summed E-state index contributed by atoms with van der Waals surface area (Å²) >= 11 is 0. The lowest BCUT2D eigenvalue weighted by Crippen LogP contribution is -2.00. The van der Waals surface area contributed by atoms with Crippen molar-refractivity contribution in [2.24, 2.45) is 0 Å². The molecule has 0 unspecified atom stereocenters. The van der Waals surface area contributed by atoms with Crippen molar-refractivity contribution in [3.63, 3.8) is 0 Å². The number of benzene rings is 6. The minimum absolute atomic E-state index is 0.625. The molecule has 0 radical (unpaired) electrons. The number of rotatable bonds is 7. The first-order valence-corrected chi connectivity index (χ1v) is 16.0. The maximum absolute atomic E-state index is 5.03. The summed E-state index contributed by atoms with van der Waals surface area (Å²) in [4.78, 5) is 19.9. The van der Waals surface area contributed by atoms with Crippen molar-refractivity contribution >= 4 is 0 Å². The number of nitrogens with zero attached hydrogens (tertiary/aromatic N) is 4. The van der Waals surface area contributed by atoms with E-state index in [9.17, 15) is 0 Å². The Morgan fingerprint density at radius 3 is 1.02 bits per heavy atom. The van der Waals surface area contributed by atoms with Gasteiger partial charge >= 0.3 is 0 Å². The SMILES string of the molecule is c1ccc(-c2cc(-c3ccc(-c4cccc(-c5ccccc5)n4)cc3)cc(-c3nc(-c4ccccc4)nc(-c4ccccc4)n3)c2)cc1. The van der Waals surface area contributed by atoms with Crippen molar-refractivity contribution in [2.75, 3.05) is 0 Å². The molecular formula is C44H30N4. The van der Waals surface area contributed by atoms with Gasteiger partial charge in [-0.15, -0.1) is 0 Å². The van der Waals surface area contributed by atoms with Crippen molar-refractivity contribution in [3.8, 4) is 78.9 Å². The molecule has 0 bridgehead atoms. The van der Waals surface area contributed by atoms with Crippen LogP contribution in [0.3, 0.4) is 0 Å². The lowest BCUT2D eigenvalue weighted by Gasteiger charge is -2.13. The van der Waals surface area contributed by atoms with Crippen LogP contribution in [0, 0.1) is 0 Å². The first kappa shape index (κ1) is 28.9. The predicted octanol–water partition coefficient (Wildman–Crippen LogP) is 10.9. The van der Waals surface area contributed by atoms with E-state index in [0.717, 1.165) is 61.5 Å². The van der Waals surface area contributed by atoms with Gasteiger partial charge in [0.25, 0.3) is 0 Å². The van der Waals surface area contributed by atoms with E-state index >= 15 is 0 Å². The zero-order chi connectivity index (χ0) is 32.1. The smallest absolute Gasteiger partial charge is 0.164 e. The molecule has 48 heavy (non-hydrogen) atoms. The van der Waals surface area contributed by atoms with E-state index in [0.29, 0.717) is 17.5 Å². The number of hydrogen-bond acceptors (Lipinski definition) is 4. The van der Waals surface area contributed by atoms with Crippen LogP contribution in [0.5, 0.6) is 0 Å². The molecule has 0 aliphatic rings. The summed E-state index contributed by atoms with van der Waals surface area (Å²) in [5.41, 5.74) is 11.3. The van der Waals surface area contributed by atoms with E-state index < -0.39 is 0 Å². The van der Waals surface area contributed by atoms with Crippen LogP contribution in [0.1, 0.15) is 0 Å². The fourth-order valence-corrected chi connectivity index (χ4v) is 5.86. The molecule has 8 aromatic rings. The Morgan fingerprint density at radius 2 is 0.542 bits per heavy atom. The fourth-order valence-electron chi connectivity index (χ4n) is 5.86. The van der Waals surface area contributed by atoms with Gasteiger partial charge < -0.3 is 0 Å². The highest BCUT2D eigenvalue weighted by molar-refractivity contribution is 5.81. The van der Waals surface area contributed by atoms with Gasteiger partial charge in [-0.2, -0.15) is 0 Å². The summed E-state index contributed by atoms with van der Waals surface area (Å²) in [5.74, 6) is 1.90. The van der Waals surface area contributed by atoms with Crippen LogP contribution in [0.25, 0.3) is 78.9 Å². The minimum atomic E-state index is 0.625. The molecule has 0 saturated carbocycles. The highest BCUT2D eigenvalue weighted by Gasteiger charge is 2.15. The van der Waals surface area contributed by atoms with Gasteiger partial charge in [0.2, 0.25) is 0 Å². The van der Waals surface area contributed by atoms with E-state index in [1.807, 2.05) is 84.9 Å². The maximum atomic E-state index is 5.03. The second-order valence-corrected chi connectivity index (χ2v) is 11.6. The summed E-state index contributed by atoms with van der Waals surface area (Å²) in [7, 11) is 0. The topological polar surface area (TPSA) is 51.6 Å². The fraction of sp³-hybridized carbons (Fsp3) is 0. The van der Waals surface area contributed by atoms with Gasteiger partial charge in [0, 0.05) is 27.8 Å². The zero-order valence-electron chi connectivity index (χ0n) is 26.1. The van der Waals surface area contributed by atoms with Gasteiger partial charge in [-0.1, -0.05) is 152 Å².